The maximum Gasteiger partial charge on any atom is 0.404 e. The summed E-state index contributed by atoms with van der Waals surface area (Å²) in [5.41, 5.74) is 1.06. The maximum atomic E-state index is 10.3. The van der Waals surface area contributed by atoms with Crippen LogP contribution in [0.2, 0.25) is 0 Å². The summed E-state index contributed by atoms with van der Waals surface area (Å²) >= 11 is 4.94. The lowest BCUT2D eigenvalue weighted by atomic mass is 10.2. The van der Waals surface area contributed by atoms with E-state index in [1.807, 2.05) is 18.2 Å². The van der Waals surface area contributed by atoms with Crippen molar-refractivity contribution in [3.05, 3.63) is 75.8 Å². The van der Waals surface area contributed by atoms with Crippen LogP contribution in [0.1, 0.15) is 11.1 Å². The Balaban J connectivity index is 0.000000262. The number of carbonyl (C=O) groups excluding carboxylic acids is 1. The number of non-ortho nitro benzene ring substituents is 1. The smallest absolute Gasteiger partial charge is 0.404 e. The number of benzene rings is 2. The van der Waals surface area contributed by atoms with Gasteiger partial charge in [0.25, 0.3) is 5.69 Å². The number of nitrogens with zero attached hydrogens (tertiary/aromatic N) is 1. The minimum atomic E-state index is -0.900. The molecule has 0 aliphatic rings. The Kier molecular flexibility index (Phi) is 6.91. The lowest BCUT2D eigenvalue weighted by molar-refractivity contribution is -0.384. The van der Waals surface area contributed by atoms with Crippen molar-refractivity contribution >= 4 is 22.7 Å². The van der Waals surface area contributed by atoms with Gasteiger partial charge in [-0.3, -0.25) is 10.1 Å². The van der Waals surface area contributed by atoms with Gasteiger partial charge >= 0.3 is 5.43 Å². The number of aryl methyl sites for hydroxylation is 1. The summed E-state index contributed by atoms with van der Waals surface area (Å²) < 4.78 is 4.48. The molecule has 21 heavy (non-hydrogen) atoms. The van der Waals surface area contributed by atoms with Crippen LogP contribution < -0.4 is 0 Å². The third-order valence-corrected chi connectivity index (χ3v) is 2.55. The zero-order chi connectivity index (χ0) is 15.7. The lowest BCUT2D eigenvalue weighted by Gasteiger charge is -1.99. The SMILES string of the molecule is Cc1ccccc1.O=C(Cl)OCc1ccc([N+](=O)[O-])cc1. The number of nitro groups is 1. The highest BCUT2D eigenvalue weighted by Gasteiger charge is 2.04. The summed E-state index contributed by atoms with van der Waals surface area (Å²) in [7, 11) is 0. The molecule has 0 aromatic heterocycles. The Morgan fingerprint density at radius 2 is 1.71 bits per heavy atom. The summed E-state index contributed by atoms with van der Waals surface area (Å²) in [6.07, 6.45) is 0. The van der Waals surface area contributed by atoms with Gasteiger partial charge in [0.1, 0.15) is 6.61 Å². The number of halogens is 1. The first-order chi connectivity index (χ1) is 9.99. The molecule has 0 unspecified atom stereocenters. The van der Waals surface area contributed by atoms with Gasteiger partial charge in [-0.05, 0) is 24.6 Å². The van der Waals surface area contributed by atoms with E-state index in [4.69, 9.17) is 11.6 Å². The molecule has 0 spiro atoms. The van der Waals surface area contributed by atoms with E-state index in [1.54, 1.807) is 0 Å². The second-order valence-corrected chi connectivity index (χ2v) is 4.41. The van der Waals surface area contributed by atoms with E-state index in [0.717, 1.165) is 0 Å². The van der Waals surface area contributed by atoms with Gasteiger partial charge < -0.3 is 4.74 Å². The first-order valence-electron chi connectivity index (χ1n) is 6.06. The molecule has 0 fully saturated rings. The average molecular weight is 308 g/mol. The Bertz CT molecular complexity index is 584. The topological polar surface area (TPSA) is 69.4 Å². The fourth-order valence-corrected chi connectivity index (χ4v) is 1.44. The molecule has 5 nitrogen and oxygen atoms in total. The van der Waals surface area contributed by atoms with Crippen LogP contribution in [0.5, 0.6) is 0 Å². The molecule has 2 aromatic carbocycles. The summed E-state index contributed by atoms with van der Waals surface area (Å²) in [5, 5.41) is 10.3. The van der Waals surface area contributed by atoms with Gasteiger partial charge in [-0.15, -0.1) is 0 Å². The second kappa shape index (κ2) is 8.71. The third-order valence-electron chi connectivity index (χ3n) is 2.44. The maximum absolute atomic E-state index is 10.3. The van der Waals surface area contributed by atoms with Crippen molar-refractivity contribution in [3.8, 4) is 0 Å². The number of ether oxygens (including phenoxy) is 1. The molecule has 0 bridgehead atoms. The van der Waals surface area contributed by atoms with Crippen molar-refractivity contribution < 1.29 is 14.5 Å². The molecule has 0 amide bonds. The Morgan fingerprint density at radius 3 is 2.10 bits per heavy atom. The van der Waals surface area contributed by atoms with Gasteiger partial charge in [-0.2, -0.15) is 0 Å². The summed E-state index contributed by atoms with van der Waals surface area (Å²) in [6, 6.07) is 15.9. The van der Waals surface area contributed by atoms with Crippen LogP contribution in [0.25, 0.3) is 0 Å². The standard InChI is InChI=1S/C8H6ClNO4.C7H8/c9-8(11)14-5-6-1-3-7(4-2-6)10(12)13;1-7-5-3-2-4-6-7/h1-4H,5H2;2-6H,1H3. The molecule has 2 rings (SSSR count). The van der Waals surface area contributed by atoms with Crippen molar-refractivity contribution in [2.24, 2.45) is 0 Å². The van der Waals surface area contributed by atoms with Gasteiger partial charge in [0.05, 0.1) is 4.92 Å². The van der Waals surface area contributed by atoms with E-state index in [9.17, 15) is 14.9 Å². The van der Waals surface area contributed by atoms with Gasteiger partial charge in [0, 0.05) is 23.7 Å². The molecule has 0 saturated heterocycles. The van der Waals surface area contributed by atoms with Gasteiger partial charge in [0.15, 0.2) is 0 Å². The highest BCUT2D eigenvalue weighted by molar-refractivity contribution is 6.61. The van der Waals surface area contributed by atoms with E-state index in [-0.39, 0.29) is 12.3 Å². The summed E-state index contributed by atoms with van der Waals surface area (Å²) in [6.45, 7) is 2.10. The van der Waals surface area contributed by atoms with E-state index in [1.165, 1.54) is 29.8 Å². The average Bonchev–Trinajstić information content (AvgIpc) is 2.47. The minimum Gasteiger partial charge on any atom is -0.449 e. The van der Waals surface area contributed by atoms with Crippen molar-refractivity contribution in [2.75, 3.05) is 0 Å². The van der Waals surface area contributed by atoms with Gasteiger partial charge in [-0.1, -0.05) is 35.9 Å². The number of nitro benzene ring substituents is 1. The predicted octanol–water partition coefficient (Wildman–Crippen LogP) is 4.47. The molecule has 0 N–H and O–H groups in total. The van der Waals surface area contributed by atoms with Gasteiger partial charge in [-0.25, -0.2) is 4.79 Å². The molecule has 0 saturated carbocycles. The van der Waals surface area contributed by atoms with Crippen LogP contribution in [0.15, 0.2) is 54.6 Å². The van der Waals surface area contributed by atoms with Crippen LogP contribution in [0.4, 0.5) is 10.5 Å². The molecular weight excluding hydrogens is 294 g/mol. The lowest BCUT2D eigenvalue weighted by Crippen LogP contribution is -1.95. The molecule has 0 atom stereocenters. The predicted molar refractivity (Wildman–Crippen MR) is 80.3 cm³/mol. The summed E-state index contributed by atoms with van der Waals surface area (Å²) in [5.74, 6) is 0. The van der Waals surface area contributed by atoms with Crippen LogP contribution >= 0.6 is 11.6 Å². The fraction of sp³-hybridized carbons (Fsp3) is 0.133. The number of hydrogen-bond donors (Lipinski definition) is 0. The number of rotatable bonds is 3. The molecule has 110 valence electrons. The fourth-order valence-electron chi connectivity index (χ4n) is 1.39. The Hall–Kier alpha value is -2.40. The zero-order valence-corrected chi connectivity index (χ0v) is 12.1. The molecule has 6 heteroatoms. The van der Waals surface area contributed by atoms with Crippen LogP contribution in [-0.4, -0.2) is 10.4 Å². The first kappa shape index (κ1) is 16.7. The van der Waals surface area contributed by atoms with Crippen molar-refractivity contribution in [3.63, 3.8) is 0 Å². The molecular formula is C15H14ClNO4. The Morgan fingerprint density at radius 1 is 1.14 bits per heavy atom. The van der Waals surface area contributed by atoms with E-state index in [2.05, 4.69) is 23.8 Å². The molecule has 2 aromatic rings. The second-order valence-electron chi connectivity index (χ2n) is 4.10. The van der Waals surface area contributed by atoms with Crippen molar-refractivity contribution in [1.82, 2.24) is 0 Å². The van der Waals surface area contributed by atoms with E-state index in [0.29, 0.717) is 5.56 Å². The highest BCUT2D eigenvalue weighted by atomic mass is 35.5. The highest BCUT2D eigenvalue weighted by Crippen LogP contribution is 2.12. The number of hydrogen-bond acceptors (Lipinski definition) is 4. The monoisotopic (exact) mass is 307 g/mol. The van der Waals surface area contributed by atoms with E-state index < -0.39 is 10.4 Å². The normalized spacial score (nSPS) is 9.24. The molecule has 0 aliphatic carbocycles. The summed E-state index contributed by atoms with van der Waals surface area (Å²) in [4.78, 5) is 20.0. The largest absolute Gasteiger partial charge is 0.449 e. The first-order valence-corrected chi connectivity index (χ1v) is 6.44. The molecule has 0 radical (unpaired) electrons. The Labute approximate surface area is 127 Å². The molecule has 0 aliphatic heterocycles. The molecule has 0 heterocycles. The van der Waals surface area contributed by atoms with E-state index >= 15 is 0 Å². The zero-order valence-electron chi connectivity index (χ0n) is 11.4. The number of carbonyl (C=O) groups is 1. The van der Waals surface area contributed by atoms with Crippen molar-refractivity contribution in [1.29, 1.82) is 0 Å². The van der Waals surface area contributed by atoms with Gasteiger partial charge in [0.2, 0.25) is 0 Å². The minimum absolute atomic E-state index is 0.00838. The van der Waals surface area contributed by atoms with Crippen LogP contribution in [0, 0.1) is 17.0 Å². The van der Waals surface area contributed by atoms with Crippen molar-refractivity contribution in [2.45, 2.75) is 13.5 Å². The quantitative estimate of drug-likeness (QED) is 0.476. The third kappa shape index (κ3) is 7.08. The van der Waals surface area contributed by atoms with Crippen LogP contribution in [-0.2, 0) is 11.3 Å². The van der Waals surface area contributed by atoms with Crippen LogP contribution in [0.3, 0.4) is 0 Å².